The lowest BCUT2D eigenvalue weighted by Gasteiger charge is -2.17. The third-order valence-corrected chi connectivity index (χ3v) is 4.23. The van der Waals surface area contributed by atoms with Gasteiger partial charge < -0.3 is 10.2 Å². The average molecular weight is 278 g/mol. The molecule has 0 bridgehead atoms. The number of hydrogen-bond donors (Lipinski definition) is 1. The quantitative estimate of drug-likeness (QED) is 0.892. The van der Waals surface area contributed by atoms with Crippen molar-refractivity contribution in [1.29, 1.82) is 0 Å². The molecule has 2 rings (SSSR count). The highest BCUT2D eigenvalue weighted by atomic mass is 16.1. The van der Waals surface area contributed by atoms with E-state index in [2.05, 4.69) is 15.3 Å². The van der Waals surface area contributed by atoms with Crippen molar-refractivity contribution >= 4 is 5.91 Å². The lowest BCUT2D eigenvalue weighted by molar-refractivity contribution is -0.122. The number of aryl methyl sites for hydroxylation is 2. The van der Waals surface area contributed by atoms with Crippen molar-refractivity contribution in [2.75, 3.05) is 19.6 Å². The molecule has 112 valence electrons. The number of nitrogens with zero attached hydrogens (tertiary/aromatic N) is 3. The highest BCUT2D eigenvalue weighted by Gasteiger charge is 2.19. The Labute approximate surface area is 121 Å². The van der Waals surface area contributed by atoms with E-state index in [1.54, 1.807) is 0 Å². The summed E-state index contributed by atoms with van der Waals surface area (Å²) in [5, 5.41) is 7.50. The zero-order chi connectivity index (χ0) is 14.7. The molecule has 1 fully saturated rings. The second-order valence-corrected chi connectivity index (χ2v) is 5.80. The second-order valence-electron chi connectivity index (χ2n) is 5.80. The molecule has 1 aromatic heterocycles. The van der Waals surface area contributed by atoms with Crippen molar-refractivity contribution in [2.24, 2.45) is 7.05 Å². The van der Waals surface area contributed by atoms with E-state index in [1.165, 1.54) is 12.8 Å². The van der Waals surface area contributed by atoms with Crippen molar-refractivity contribution in [3.8, 4) is 0 Å². The first-order valence-electron chi connectivity index (χ1n) is 7.51. The monoisotopic (exact) mass is 278 g/mol. The summed E-state index contributed by atoms with van der Waals surface area (Å²) in [6, 6.07) is 0.0229. The smallest absolute Gasteiger partial charge is 0.221 e. The number of amides is 1. The molecule has 1 aliphatic heterocycles. The van der Waals surface area contributed by atoms with Gasteiger partial charge in [-0.2, -0.15) is 5.10 Å². The molecule has 1 amide bonds. The van der Waals surface area contributed by atoms with Gasteiger partial charge in [-0.05, 0) is 46.7 Å². The van der Waals surface area contributed by atoms with Crippen LogP contribution in [0, 0.1) is 13.8 Å². The first kappa shape index (κ1) is 15.0. The minimum atomic E-state index is 0.0229. The summed E-state index contributed by atoms with van der Waals surface area (Å²) in [5.41, 5.74) is 3.26. The zero-order valence-corrected chi connectivity index (χ0v) is 13.1. The lowest BCUT2D eigenvalue weighted by Crippen LogP contribution is -2.31. The first-order chi connectivity index (χ1) is 9.49. The molecule has 0 unspecified atom stereocenters. The molecule has 1 N–H and O–H groups in total. The molecule has 1 aromatic rings. The maximum absolute atomic E-state index is 12.0. The highest BCUT2D eigenvalue weighted by Crippen LogP contribution is 2.20. The number of likely N-dealkylation sites (tertiary alicyclic amines) is 1. The third kappa shape index (κ3) is 3.39. The van der Waals surface area contributed by atoms with Crippen LogP contribution in [0.2, 0.25) is 0 Å². The SMILES string of the molecule is Cc1nn(C)c(C)c1[C@@H](C)NC(=O)CCN1CCCC1. The molecule has 0 saturated carbocycles. The number of rotatable bonds is 5. The molecular weight excluding hydrogens is 252 g/mol. The number of aromatic nitrogens is 2. The summed E-state index contributed by atoms with van der Waals surface area (Å²) in [6.07, 6.45) is 3.13. The molecule has 1 atom stereocenters. The summed E-state index contributed by atoms with van der Waals surface area (Å²) in [5.74, 6) is 0.132. The van der Waals surface area contributed by atoms with Gasteiger partial charge in [0.15, 0.2) is 0 Å². The van der Waals surface area contributed by atoms with Crippen molar-refractivity contribution in [1.82, 2.24) is 20.0 Å². The van der Waals surface area contributed by atoms with Crippen LogP contribution in [0.4, 0.5) is 0 Å². The van der Waals surface area contributed by atoms with Crippen molar-refractivity contribution in [3.05, 3.63) is 17.0 Å². The molecular formula is C15H26N4O. The summed E-state index contributed by atoms with van der Waals surface area (Å²) < 4.78 is 1.87. The average Bonchev–Trinajstić information content (AvgIpc) is 2.96. The molecule has 0 aromatic carbocycles. The molecule has 0 radical (unpaired) electrons. The van der Waals surface area contributed by atoms with Crippen LogP contribution in [0.25, 0.3) is 0 Å². The number of hydrogen-bond acceptors (Lipinski definition) is 3. The summed E-state index contributed by atoms with van der Waals surface area (Å²) in [4.78, 5) is 14.4. The predicted octanol–water partition coefficient (Wildman–Crippen LogP) is 1.70. The van der Waals surface area contributed by atoms with Gasteiger partial charge in [0.2, 0.25) is 5.91 Å². The van der Waals surface area contributed by atoms with Gasteiger partial charge in [0.05, 0.1) is 11.7 Å². The summed E-state index contributed by atoms with van der Waals surface area (Å²) >= 11 is 0. The molecule has 1 aliphatic rings. The van der Waals surface area contributed by atoms with Crippen LogP contribution in [0.15, 0.2) is 0 Å². The van der Waals surface area contributed by atoms with Gasteiger partial charge in [0.25, 0.3) is 0 Å². The van der Waals surface area contributed by atoms with Crippen molar-refractivity contribution in [3.63, 3.8) is 0 Å². The second kappa shape index (κ2) is 6.39. The summed E-state index contributed by atoms with van der Waals surface area (Å²) in [7, 11) is 1.94. The molecule has 0 aliphatic carbocycles. The van der Waals surface area contributed by atoms with Crippen LogP contribution >= 0.6 is 0 Å². The van der Waals surface area contributed by atoms with E-state index in [0.29, 0.717) is 6.42 Å². The molecule has 5 nitrogen and oxygen atoms in total. The van der Waals surface area contributed by atoms with Gasteiger partial charge in [0.1, 0.15) is 0 Å². The van der Waals surface area contributed by atoms with E-state index in [1.807, 2.05) is 32.5 Å². The fourth-order valence-corrected chi connectivity index (χ4v) is 3.07. The molecule has 20 heavy (non-hydrogen) atoms. The lowest BCUT2D eigenvalue weighted by atomic mass is 10.1. The van der Waals surface area contributed by atoms with Crippen LogP contribution < -0.4 is 5.32 Å². The number of carbonyl (C=O) groups excluding carboxylic acids is 1. The van der Waals surface area contributed by atoms with Crippen LogP contribution in [0.1, 0.15) is 49.2 Å². The van der Waals surface area contributed by atoms with Crippen LogP contribution in [0.5, 0.6) is 0 Å². The Morgan fingerprint density at radius 3 is 2.55 bits per heavy atom. The van der Waals surface area contributed by atoms with E-state index in [9.17, 15) is 4.79 Å². The van der Waals surface area contributed by atoms with Crippen molar-refractivity contribution in [2.45, 2.75) is 46.1 Å². The van der Waals surface area contributed by atoms with Gasteiger partial charge in [-0.1, -0.05) is 0 Å². The largest absolute Gasteiger partial charge is 0.349 e. The Morgan fingerprint density at radius 1 is 1.35 bits per heavy atom. The van der Waals surface area contributed by atoms with Gasteiger partial charge in [-0.3, -0.25) is 9.48 Å². The summed E-state index contributed by atoms with van der Waals surface area (Å²) in [6.45, 7) is 9.24. The van der Waals surface area contributed by atoms with Gasteiger partial charge >= 0.3 is 0 Å². The fraction of sp³-hybridized carbons (Fsp3) is 0.733. The zero-order valence-electron chi connectivity index (χ0n) is 13.1. The van der Waals surface area contributed by atoms with Gasteiger partial charge in [-0.15, -0.1) is 0 Å². The Kier molecular flexibility index (Phi) is 4.81. The van der Waals surface area contributed by atoms with Gasteiger partial charge in [0, 0.05) is 31.3 Å². The van der Waals surface area contributed by atoms with E-state index in [4.69, 9.17) is 0 Å². The Bertz CT molecular complexity index is 474. The van der Waals surface area contributed by atoms with Crippen LogP contribution in [0.3, 0.4) is 0 Å². The topological polar surface area (TPSA) is 50.2 Å². The minimum Gasteiger partial charge on any atom is -0.349 e. The van der Waals surface area contributed by atoms with Crippen LogP contribution in [-0.4, -0.2) is 40.2 Å². The third-order valence-electron chi connectivity index (χ3n) is 4.23. The molecule has 5 heteroatoms. The highest BCUT2D eigenvalue weighted by molar-refractivity contribution is 5.76. The Morgan fingerprint density at radius 2 is 2.00 bits per heavy atom. The minimum absolute atomic E-state index is 0.0229. The number of nitrogens with one attached hydrogen (secondary N) is 1. The van der Waals surface area contributed by atoms with E-state index < -0.39 is 0 Å². The Hall–Kier alpha value is -1.36. The normalized spacial score (nSPS) is 17.4. The van der Waals surface area contributed by atoms with Crippen LogP contribution in [-0.2, 0) is 11.8 Å². The standard InChI is InChI=1S/C15H26N4O/c1-11(15-12(2)17-18(4)13(15)3)16-14(20)7-10-19-8-5-6-9-19/h11H,5-10H2,1-4H3,(H,16,20)/t11-/m1/s1. The van der Waals surface area contributed by atoms with Crippen molar-refractivity contribution < 1.29 is 4.79 Å². The first-order valence-corrected chi connectivity index (χ1v) is 7.51. The maximum atomic E-state index is 12.0. The van der Waals surface area contributed by atoms with E-state index in [-0.39, 0.29) is 11.9 Å². The van der Waals surface area contributed by atoms with E-state index in [0.717, 1.165) is 36.6 Å². The van der Waals surface area contributed by atoms with Gasteiger partial charge in [-0.25, -0.2) is 0 Å². The maximum Gasteiger partial charge on any atom is 0.221 e. The molecule has 0 spiro atoms. The predicted molar refractivity (Wildman–Crippen MR) is 79.5 cm³/mol. The Balaban J connectivity index is 1.86. The fourth-order valence-electron chi connectivity index (χ4n) is 3.07. The number of carbonyl (C=O) groups is 1. The molecule has 1 saturated heterocycles. The molecule has 2 heterocycles. The van der Waals surface area contributed by atoms with E-state index >= 15 is 0 Å².